The summed E-state index contributed by atoms with van der Waals surface area (Å²) in [5, 5.41) is 0. The summed E-state index contributed by atoms with van der Waals surface area (Å²) >= 11 is 0. The van der Waals surface area contributed by atoms with E-state index in [1.54, 1.807) is 18.2 Å². The molecule has 5 nitrogen and oxygen atoms in total. The Balaban J connectivity index is 2.03. The van der Waals surface area contributed by atoms with Gasteiger partial charge in [0.15, 0.2) is 0 Å². The van der Waals surface area contributed by atoms with Crippen LogP contribution >= 0.6 is 0 Å². The summed E-state index contributed by atoms with van der Waals surface area (Å²) in [6, 6.07) is 6.04. The van der Waals surface area contributed by atoms with E-state index in [-0.39, 0.29) is 4.90 Å². The Kier molecular flexibility index (Phi) is 3.49. The van der Waals surface area contributed by atoms with Crippen molar-refractivity contribution in [2.45, 2.75) is 24.7 Å². The van der Waals surface area contributed by atoms with E-state index in [0.29, 0.717) is 12.0 Å². The standard InChI is InChI=1S/C12H12O5S/c1-9-5-7-11(8-6-9)18(14,15)17-16-12(13)10-3-2-4-10/h3,5-8H,2,4H2,1H3. The van der Waals surface area contributed by atoms with Gasteiger partial charge in [-0.25, -0.2) is 4.79 Å². The van der Waals surface area contributed by atoms with Crippen molar-refractivity contribution in [1.29, 1.82) is 0 Å². The minimum absolute atomic E-state index is 0.0523. The highest BCUT2D eigenvalue weighted by Gasteiger charge is 2.22. The van der Waals surface area contributed by atoms with Crippen LogP contribution in [0, 0.1) is 6.92 Å². The van der Waals surface area contributed by atoms with Crippen LogP contribution in [0.1, 0.15) is 18.4 Å². The van der Waals surface area contributed by atoms with Crippen LogP contribution in [0.25, 0.3) is 0 Å². The number of carbonyl (C=O) groups excluding carboxylic acids is 1. The van der Waals surface area contributed by atoms with Gasteiger partial charge in [0.05, 0.1) is 4.90 Å². The lowest BCUT2D eigenvalue weighted by Gasteiger charge is -2.11. The Labute approximate surface area is 105 Å². The van der Waals surface area contributed by atoms with E-state index >= 15 is 0 Å². The molecule has 0 heterocycles. The summed E-state index contributed by atoms with van der Waals surface area (Å²) < 4.78 is 27.6. The molecule has 0 N–H and O–H groups in total. The fraction of sp³-hybridized carbons (Fsp3) is 0.250. The molecule has 0 amide bonds. The first-order valence-corrected chi connectivity index (χ1v) is 6.81. The van der Waals surface area contributed by atoms with Crippen molar-refractivity contribution in [3.8, 4) is 0 Å². The average Bonchev–Trinajstić information content (AvgIpc) is 2.25. The third-order valence-electron chi connectivity index (χ3n) is 2.58. The van der Waals surface area contributed by atoms with E-state index in [0.717, 1.165) is 12.0 Å². The van der Waals surface area contributed by atoms with Gasteiger partial charge < -0.3 is 0 Å². The fourth-order valence-corrected chi connectivity index (χ4v) is 2.05. The number of carbonyl (C=O) groups is 1. The largest absolute Gasteiger partial charge is 0.370 e. The summed E-state index contributed by atoms with van der Waals surface area (Å²) in [4.78, 5) is 15.5. The first-order valence-electron chi connectivity index (χ1n) is 5.40. The molecule has 0 atom stereocenters. The van der Waals surface area contributed by atoms with E-state index < -0.39 is 16.1 Å². The molecule has 0 unspecified atom stereocenters. The number of rotatable bonds is 4. The summed E-state index contributed by atoms with van der Waals surface area (Å²) in [5.41, 5.74) is 1.36. The van der Waals surface area contributed by atoms with Gasteiger partial charge in [0, 0.05) is 5.57 Å². The predicted molar refractivity (Wildman–Crippen MR) is 62.9 cm³/mol. The fourth-order valence-electron chi connectivity index (χ4n) is 1.35. The molecule has 0 saturated heterocycles. The van der Waals surface area contributed by atoms with Crippen LogP contribution < -0.4 is 0 Å². The lowest BCUT2D eigenvalue weighted by Crippen LogP contribution is -2.16. The molecule has 0 radical (unpaired) electrons. The molecule has 1 aliphatic rings. The Morgan fingerprint density at radius 2 is 1.83 bits per heavy atom. The Morgan fingerprint density at radius 3 is 2.33 bits per heavy atom. The second-order valence-electron chi connectivity index (χ2n) is 3.97. The molecule has 0 aliphatic heterocycles. The van der Waals surface area contributed by atoms with Crippen molar-refractivity contribution in [2.75, 3.05) is 0 Å². The van der Waals surface area contributed by atoms with Crippen molar-refractivity contribution in [3.63, 3.8) is 0 Å². The first kappa shape index (κ1) is 12.8. The van der Waals surface area contributed by atoms with Gasteiger partial charge in [-0.2, -0.15) is 8.42 Å². The number of allylic oxidation sites excluding steroid dienone is 1. The van der Waals surface area contributed by atoms with Gasteiger partial charge in [-0.1, -0.05) is 23.8 Å². The number of benzene rings is 1. The molecule has 0 saturated carbocycles. The lowest BCUT2D eigenvalue weighted by atomic mass is 10.00. The zero-order chi connectivity index (χ0) is 13.2. The molecule has 2 rings (SSSR count). The van der Waals surface area contributed by atoms with Crippen molar-refractivity contribution in [2.24, 2.45) is 0 Å². The van der Waals surface area contributed by atoms with Crippen LogP contribution in [0.5, 0.6) is 0 Å². The molecular weight excluding hydrogens is 256 g/mol. The SMILES string of the molecule is Cc1ccc(S(=O)(=O)OOC(=O)C2=CCC2)cc1. The maximum Gasteiger partial charge on any atom is 0.370 e. The molecule has 1 aliphatic carbocycles. The minimum Gasteiger partial charge on any atom is -0.276 e. The van der Waals surface area contributed by atoms with E-state index in [9.17, 15) is 13.2 Å². The van der Waals surface area contributed by atoms with E-state index in [1.165, 1.54) is 12.1 Å². The van der Waals surface area contributed by atoms with Crippen LogP contribution in [0.4, 0.5) is 0 Å². The molecule has 96 valence electrons. The summed E-state index contributed by atoms with van der Waals surface area (Å²) in [7, 11) is -4.06. The maximum atomic E-state index is 11.7. The van der Waals surface area contributed by atoms with Crippen molar-refractivity contribution < 1.29 is 22.4 Å². The van der Waals surface area contributed by atoms with Crippen LogP contribution in [0.15, 0.2) is 40.8 Å². The molecule has 1 aromatic rings. The van der Waals surface area contributed by atoms with Crippen molar-refractivity contribution in [1.82, 2.24) is 0 Å². The third-order valence-corrected chi connectivity index (χ3v) is 3.67. The highest BCUT2D eigenvalue weighted by molar-refractivity contribution is 7.86. The monoisotopic (exact) mass is 268 g/mol. The van der Waals surface area contributed by atoms with Crippen LogP contribution in [-0.2, 0) is 24.1 Å². The number of hydrogen-bond acceptors (Lipinski definition) is 5. The van der Waals surface area contributed by atoms with Gasteiger partial charge in [-0.05, 0) is 36.2 Å². The first-order chi connectivity index (χ1) is 8.49. The van der Waals surface area contributed by atoms with Gasteiger partial charge in [0.25, 0.3) is 0 Å². The van der Waals surface area contributed by atoms with Gasteiger partial charge in [0.1, 0.15) is 0 Å². The lowest BCUT2D eigenvalue weighted by molar-refractivity contribution is -0.206. The highest BCUT2D eigenvalue weighted by Crippen LogP contribution is 2.20. The molecule has 0 aromatic heterocycles. The summed E-state index contributed by atoms with van der Waals surface area (Å²) in [5.74, 6) is -0.753. The second-order valence-corrected chi connectivity index (χ2v) is 5.49. The predicted octanol–water partition coefficient (Wildman–Crippen LogP) is 1.88. The zero-order valence-corrected chi connectivity index (χ0v) is 10.6. The smallest absolute Gasteiger partial charge is 0.276 e. The van der Waals surface area contributed by atoms with Gasteiger partial charge in [0.2, 0.25) is 0 Å². The maximum absolute atomic E-state index is 11.7. The Bertz CT molecular complexity index is 583. The summed E-state index contributed by atoms with van der Waals surface area (Å²) in [6.45, 7) is 1.83. The van der Waals surface area contributed by atoms with Crippen molar-refractivity contribution in [3.05, 3.63) is 41.5 Å². The second kappa shape index (κ2) is 4.91. The third kappa shape index (κ3) is 2.77. The zero-order valence-electron chi connectivity index (χ0n) is 9.75. The highest BCUT2D eigenvalue weighted by atomic mass is 32.2. The van der Waals surface area contributed by atoms with E-state index in [4.69, 9.17) is 0 Å². The van der Waals surface area contributed by atoms with Gasteiger partial charge >= 0.3 is 16.1 Å². The number of aryl methyl sites for hydroxylation is 1. The molecule has 1 aromatic carbocycles. The number of hydrogen-bond donors (Lipinski definition) is 0. The molecule has 18 heavy (non-hydrogen) atoms. The quantitative estimate of drug-likeness (QED) is 0.616. The normalized spacial score (nSPS) is 14.6. The van der Waals surface area contributed by atoms with E-state index in [1.807, 2.05) is 6.92 Å². The molecule has 0 spiro atoms. The van der Waals surface area contributed by atoms with Crippen molar-refractivity contribution >= 4 is 16.1 Å². The molecule has 0 bridgehead atoms. The average molecular weight is 268 g/mol. The van der Waals surface area contributed by atoms with Crippen LogP contribution in [-0.4, -0.2) is 14.4 Å². The molecule has 0 fully saturated rings. The van der Waals surface area contributed by atoms with Gasteiger partial charge in [-0.3, -0.25) is 4.89 Å². The van der Waals surface area contributed by atoms with E-state index in [2.05, 4.69) is 9.22 Å². The topological polar surface area (TPSA) is 69.7 Å². The van der Waals surface area contributed by atoms with Crippen LogP contribution in [0.3, 0.4) is 0 Å². The Hall–Kier alpha value is -1.66. The molecule has 6 heteroatoms. The summed E-state index contributed by atoms with van der Waals surface area (Å²) in [6.07, 6.45) is 3.06. The molecular formula is C12H12O5S. The minimum atomic E-state index is -4.06. The Morgan fingerprint density at radius 1 is 1.22 bits per heavy atom. The van der Waals surface area contributed by atoms with Crippen LogP contribution in [0.2, 0.25) is 0 Å². The van der Waals surface area contributed by atoms with Gasteiger partial charge in [-0.15, -0.1) is 0 Å².